The summed E-state index contributed by atoms with van der Waals surface area (Å²) in [5.74, 6) is -0.847. The van der Waals surface area contributed by atoms with Crippen LogP contribution in [0.25, 0.3) is 11.1 Å². The number of carbonyl (C=O) groups is 2. The Balaban J connectivity index is 2.14. The summed E-state index contributed by atoms with van der Waals surface area (Å²) >= 11 is 1.12. The molecule has 34 heavy (non-hydrogen) atoms. The van der Waals surface area contributed by atoms with Gasteiger partial charge in [-0.25, -0.2) is 4.98 Å². The number of hydrogen-bond acceptors (Lipinski definition) is 8. The van der Waals surface area contributed by atoms with Gasteiger partial charge in [0.05, 0.1) is 20.7 Å². The maximum atomic E-state index is 12.8. The molecule has 1 aromatic rings. The number of thiazole rings is 1. The molecule has 0 spiro atoms. The first-order chi connectivity index (χ1) is 15.6. The van der Waals surface area contributed by atoms with Crippen LogP contribution in [0.5, 0.6) is 5.19 Å². The summed E-state index contributed by atoms with van der Waals surface area (Å²) in [6.45, 7) is 10.3. The minimum atomic E-state index is -4.38. The fourth-order valence-electron chi connectivity index (χ4n) is 3.83. The van der Waals surface area contributed by atoms with Gasteiger partial charge < -0.3 is 24.0 Å². The summed E-state index contributed by atoms with van der Waals surface area (Å²) in [5.41, 5.74) is 0.176. The van der Waals surface area contributed by atoms with Crippen molar-refractivity contribution in [3.63, 3.8) is 0 Å². The van der Waals surface area contributed by atoms with E-state index in [1.807, 2.05) is 0 Å². The summed E-state index contributed by atoms with van der Waals surface area (Å²) < 4.78 is 28.8. The predicted octanol–water partition coefficient (Wildman–Crippen LogP) is 3.06. The third-order valence-electron chi connectivity index (χ3n) is 5.70. The Morgan fingerprint density at radius 2 is 1.68 bits per heavy atom. The molecule has 2 aliphatic carbocycles. The van der Waals surface area contributed by atoms with E-state index < -0.39 is 43.0 Å². The van der Waals surface area contributed by atoms with Gasteiger partial charge in [0.25, 0.3) is 11.5 Å². The molecule has 0 saturated heterocycles. The standard InChI is InChI=1S/C23H34NO8PS/c1-22(2,3)19(25)31-18(32-20(26)23(4,5)6)15-11-13-9-7-8-10-14(13)16-17(15)34-21(24-16)30-12-33(27,28)29/h13,18H,7-12H2,1-6H3,(H2,27,28,29). The van der Waals surface area contributed by atoms with Crippen molar-refractivity contribution < 1.29 is 38.2 Å². The van der Waals surface area contributed by atoms with Crippen LogP contribution in [0.3, 0.4) is 0 Å². The van der Waals surface area contributed by atoms with Crippen LogP contribution in [-0.4, -0.2) is 39.3 Å². The second kappa shape index (κ2) is 9.72. The molecule has 2 N–H and O–H groups in total. The minimum Gasteiger partial charge on any atom is -0.457 e. The van der Waals surface area contributed by atoms with Gasteiger partial charge in [0.1, 0.15) is 0 Å². The molecule has 11 heteroatoms. The lowest BCUT2D eigenvalue weighted by molar-refractivity contribution is -0.189. The van der Waals surface area contributed by atoms with E-state index >= 15 is 0 Å². The number of ether oxygens (including phenoxy) is 3. The maximum absolute atomic E-state index is 12.8. The average molecular weight is 516 g/mol. The lowest BCUT2D eigenvalue weighted by atomic mass is 9.78. The van der Waals surface area contributed by atoms with Gasteiger partial charge >= 0.3 is 19.5 Å². The number of carbonyl (C=O) groups excluding carboxylic acids is 2. The Morgan fingerprint density at radius 1 is 1.09 bits per heavy atom. The van der Waals surface area contributed by atoms with Gasteiger partial charge in [0, 0.05) is 5.57 Å². The second-order valence-electron chi connectivity index (χ2n) is 10.9. The summed E-state index contributed by atoms with van der Waals surface area (Å²) in [6.07, 6.45) is 2.41. The molecule has 9 nitrogen and oxygen atoms in total. The van der Waals surface area contributed by atoms with E-state index in [0.29, 0.717) is 21.9 Å². The Kier molecular flexibility index (Phi) is 7.68. The van der Waals surface area contributed by atoms with E-state index in [-0.39, 0.29) is 11.1 Å². The quantitative estimate of drug-likeness (QED) is 0.333. The number of esters is 2. The molecule has 190 valence electrons. The fourth-order valence-corrected chi connectivity index (χ4v) is 5.23. The Labute approximate surface area is 203 Å². The van der Waals surface area contributed by atoms with Crippen molar-refractivity contribution in [2.24, 2.45) is 16.7 Å². The summed E-state index contributed by atoms with van der Waals surface area (Å²) in [7, 11) is -4.38. The van der Waals surface area contributed by atoms with Gasteiger partial charge in [0.15, 0.2) is 6.35 Å². The van der Waals surface area contributed by atoms with Gasteiger partial charge in [-0.3, -0.25) is 14.2 Å². The Morgan fingerprint density at radius 3 is 2.21 bits per heavy atom. The monoisotopic (exact) mass is 515 g/mol. The molecule has 1 atom stereocenters. The molecule has 1 unspecified atom stereocenters. The molecule has 3 rings (SSSR count). The highest BCUT2D eigenvalue weighted by molar-refractivity contribution is 7.51. The smallest absolute Gasteiger partial charge is 0.362 e. The Bertz CT molecular complexity index is 1090. The molecule has 1 fully saturated rings. The Hall–Kier alpha value is -1.74. The molecular weight excluding hydrogens is 481 g/mol. The van der Waals surface area contributed by atoms with Crippen molar-refractivity contribution in [3.8, 4) is 5.19 Å². The van der Waals surface area contributed by atoms with E-state index in [0.717, 1.165) is 42.6 Å². The molecular formula is C23H34NO8PS. The van der Waals surface area contributed by atoms with Gasteiger partial charge in [0.2, 0.25) is 0 Å². The van der Waals surface area contributed by atoms with Crippen LogP contribution in [0.15, 0.2) is 0 Å². The van der Waals surface area contributed by atoms with E-state index in [2.05, 4.69) is 4.98 Å². The van der Waals surface area contributed by atoms with Crippen LogP contribution >= 0.6 is 18.9 Å². The summed E-state index contributed by atoms with van der Waals surface area (Å²) in [5, 5.41) is 0.799. The molecule has 2 aliphatic rings. The van der Waals surface area contributed by atoms with E-state index in [4.69, 9.17) is 14.2 Å². The summed E-state index contributed by atoms with van der Waals surface area (Å²) in [4.78, 5) is 48.5. The van der Waals surface area contributed by atoms with Crippen molar-refractivity contribution in [1.29, 1.82) is 0 Å². The zero-order valence-corrected chi connectivity index (χ0v) is 22.3. The molecule has 1 saturated carbocycles. The molecule has 1 heterocycles. The third-order valence-corrected chi connectivity index (χ3v) is 7.21. The highest BCUT2D eigenvalue weighted by Gasteiger charge is 2.37. The highest BCUT2D eigenvalue weighted by Crippen LogP contribution is 2.39. The van der Waals surface area contributed by atoms with Crippen molar-refractivity contribution in [1.82, 2.24) is 4.98 Å². The molecule has 0 radical (unpaired) electrons. The average Bonchev–Trinajstić information content (AvgIpc) is 3.13. The zero-order valence-electron chi connectivity index (χ0n) is 20.5. The lowest BCUT2D eigenvalue weighted by Gasteiger charge is -2.32. The molecule has 0 amide bonds. The zero-order chi connectivity index (χ0) is 25.5. The van der Waals surface area contributed by atoms with Crippen molar-refractivity contribution in [2.45, 2.75) is 79.9 Å². The molecule has 0 aromatic carbocycles. The van der Waals surface area contributed by atoms with E-state index in [9.17, 15) is 23.9 Å². The first-order valence-corrected chi connectivity index (χ1v) is 14.0. The van der Waals surface area contributed by atoms with Gasteiger partial charge in [-0.05, 0) is 78.7 Å². The van der Waals surface area contributed by atoms with Crippen LogP contribution in [0.2, 0.25) is 0 Å². The first kappa shape index (κ1) is 26.9. The third kappa shape index (κ3) is 6.47. The summed E-state index contributed by atoms with van der Waals surface area (Å²) in [6, 6.07) is 0. The van der Waals surface area contributed by atoms with Crippen molar-refractivity contribution in [2.75, 3.05) is 6.35 Å². The van der Waals surface area contributed by atoms with Gasteiger partial charge in [-0.1, -0.05) is 17.8 Å². The fraction of sp³-hybridized carbons (Fsp3) is 0.696. The number of rotatable bonds is 6. The van der Waals surface area contributed by atoms with Crippen LogP contribution in [0.4, 0.5) is 0 Å². The molecule has 0 aliphatic heterocycles. The molecule has 1 aromatic heterocycles. The first-order valence-electron chi connectivity index (χ1n) is 11.4. The van der Waals surface area contributed by atoms with Gasteiger partial charge in [-0.15, -0.1) is 0 Å². The van der Waals surface area contributed by atoms with Crippen LogP contribution in [-0.2, 0) is 23.6 Å². The largest absolute Gasteiger partial charge is 0.457 e. The van der Waals surface area contributed by atoms with Crippen LogP contribution in [0, 0.1) is 16.7 Å². The second-order valence-corrected chi connectivity index (χ2v) is 13.5. The van der Waals surface area contributed by atoms with E-state index in [1.165, 1.54) is 0 Å². The number of hydrogen-bond donors (Lipinski definition) is 2. The highest BCUT2D eigenvalue weighted by atomic mass is 32.1. The lowest BCUT2D eigenvalue weighted by Crippen LogP contribution is -2.42. The number of fused-ring (bicyclic) bond motifs is 2. The normalized spacial score (nSPS) is 18.9. The molecule has 0 bridgehead atoms. The van der Waals surface area contributed by atoms with Gasteiger partial charge in [-0.2, -0.15) is 0 Å². The predicted molar refractivity (Wildman–Crippen MR) is 127 cm³/mol. The SMILES string of the molecule is CC(C)(C)C(=O)OC(OC(=O)C(C)(C)C)C1=c2sc(OCP(=O)(O)O)nc2=C2CCCCC2C1. The van der Waals surface area contributed by atoms with Crippen LogP contribution in [0.1, 0.15) is 73.6 Å². The van der Waals surface area contributed by atoms with Crippen LogP contribution < -0.4 is 14.6 Å². The van der Waals surface area contributed by atoms with E-state index in [1.54, 1.807) is 41.5 Å². The number of nitrogens with zero attached hydrogens (tertiary/aromatic N) is 1. The topological polar surface area (TPSA) is 132 Å². The van der Waals surface area contributed by atoms with Crippen molar-refractivity contribution >= 4 is 42.0 Å². The maximum Gasteiger partial charge on any atom is 0.362 e. The minimum absolute atomic E-state index is 0.118. The number of aromatic nitrogens is 1. The van der Waals surface area contributed by atoms with Crippen molar-refractivity contribution in [3.05, 3.63) is 9.88 Å².